The van der Waals surface area contributed by atoms with Crippen LogP contribution in [0.5, 0.6) is 0 Å². The van der Waals surface area contributed by atoms with Gasteiger partial charge >= 0.3 is 5.97 Å². The molecule has 1 atom stereocenters. The molecule has 1 aromatic heterocycles. The number of nitrogens with one attached hydrogen (secondary N) is 1. The van der Waals surface area contributed by atoms with Crippen molar-refractivity contribution in [2.75, 3.05) is 0 Å². The molecule has 0 fully saturated rings. The Morgan fingerprint density at radius 1 is 1.29 bits per heavy atom. The number of benzene rings is 1. The van der Waals surface area contributed by atoms with Crippen LogP contribution in [0.15, 0.2) is 35.7 Å². The van der Waals surface area contributed by atoms with Gasteiger partial charge in [-0.25, -0.2) is 9.78 Å². The lowest BCUT2D eigenvalue weighted by atomic mass is 10.1. The number of carbonyl (C=O) groups is 2. The summed E-state index contributed by atoms with van der Waals surface area (Å²) in [7, 11) is 0. The van der Waals surface area contributed by atoms with Crippen molar-refractivity contribution in [2.24, 2.45) is 0 Å². The molecule has 1 heterocycles. The number of aromatic nitrogens is 1. The molecule has 0 aliphatic carbocycles. The van der Waals surface area contributed by atoms with Gasteiger partial charge in [-0.3, -0.25) is 4.79 Å². The lowest BCUT2D eigenvalue weighted by Gasteiger charge is -2.13. The van der Waals surface area contributed by atoms with E-state index < -0.39 is 12.0 Å². The summed E-state index contributed by atoms with van der Waals surface area (Å²) in [5, 5.41) is 14.5. The van der Waals surface area contributed by atoms with E-state index in [1.165, 1.54) is 16.9 Å². The van der Waals surface area contributed by atoms with E-state index in [0.717, 1.165) is 24.3 Å². The molecule has 0 bridgehead atoms. The number of hydrogen-bond donors (Lipinski definition) is 2. The van der Waals surface area contributed by atoms with Gasteiger partial charge in [-0.1, -0.05) is 50.1 Å². The van der Waals surface area contributed by atoms with E-state index in [-0.39, 0.29) is 12.3 Å². The van der Waals surface area contributed by atoms with Crippen LogP contribution in [0.1, 0.15) is 42.5 Å². The smallest absolute Gasteiger partial charge is 0.326 e. The van der Waals surface area contributed by atoms with Crippen LogP contribution < -0.4 is 5.32 Å². The van der Waals surface area contributed by atoms with E-state index in [4.69, 9.17) is 5.11 Å². The van der Waals surface area contributed by atoms with Crippen molar-refractivity contribution >= 4 is 23.2 Å². The van der Waals surface area contributed by atoms with Crippen LogP contribution in [0.4, 0.5) is 0 Å². The standard InChI is InChI=1S/C18H22N2O3S/c1-2-3-9-15(18(22)23)20-16(21)11-14-12-24-17(19-14)10-13-7-5-4-6-8-13/h4-8,12,15H,2-3,9-11H2,1H3,(H,20,21)(H,22,23)/t15-/m0/s1. The molecule has 0 unspecified atom stereocenters. The molecule has 2 rings (SSSR count). The summed E-state index contributed by atoms with van der Waals surface area (Å²) in [5.41, 5.74) is 1.86. The number of amides is 1. The minimum Gasteiger partial charge on any atom is -0.480 e. The Morgan fingerprint density at radius 3 is 2.71 bits per heavy atom. The fraction of sp³-hybridized carbons (Fsp3) is 0.389. The molecule has 6 heteroatoms. The van der Waals surface area contributed by atoms with Gasteiger partial charge in [0.15, 0.2) is 0 Å². The SMILES string of the molecule is CCCC[C@H](NC(=O)Cc1csc(Cc2ccccc2)n1)C(=O)O. The molecule has 0 spiro atoms. The predicted octanol–water partition coefficient (Wildman–Crippen LogP) is 3.04. The summed E-state index contributed by atoms with van der Waals surface area (Å²) in [4.78, 5) is 27.7. The maximum atomic E-state index is 12.0. The first-order valence-corrected chi connectivity index (χ1v) is 8.95. The number of hydrogen-bond acceptors (Lipinski definition) is 4. The third-order valence-corrected chi connectivity index (χ3v) is 4.52. The van der Waals surface area contributed by atoms with Crippen molar-refractivity contribution in [3.8, 4) is 0 Å². The molecule has 128 valence electrons. The fourth-order valence-corrected chi connectivity index (χ4v) is 3.19. The van der Waals surface area contributed by atoms with E-state index in [0.29, 0.717) is 12.1 Å². The molecule has 24 heavy (non-hydrogen) atoms. The summed E-state index contributed by atoms with van der Waals surface area (Å²) in [6.45, 7) is 1.99. The zero-order valence-electron chi connectivity index (χ0n) is 13.7. The summed E-state index contributed by atoms with van der Waals surface area (Å²) >= 11 is 1.52. The summed E-state index contributed by atoms with van der Waals surface area (Å²) in [5.74, 6) is -1.28. The maximum Gasteiger partial charge on any atom is 0.326 e. The highest BCUT2D eigenvalue weighted by Gasteiger charge is 2.19. The third kappa shape index (κ3) is 5.77. The second-order valence-electron chi connectivity index (χ2n) is 5.67. The van der Waals surface area contributed by atoms with E-state index in [2.05, 4.69) is 10.3 Å². The molecular formula is C18H22N2O3S. The minimum absolute atomic E-state index is 0.112. The molecule has 2 aromatic rings. The van der Waals surface area contributed by atoms with Crippen LogP contribution in [-0.4, -0.2) is 28.0 Å². The Bertz CT molecular complexity index is 670. The summed E-state index contributed by atoms with van der Waals surface area (Å²) in [6.07, 6.45) is 2.97. The first-order chi connectivity index (χ1) is 11.6. The fourth-order valence-electron chi connectivity index (χ4n) is 2.36. The molecule has 0 radical (unpaired) electrons. The van der Waals surface area contributed by atoms with Crippen molar-refractivity contribution in [1.29, 1.82) is 0 Å². The van der Waals surface area contributed by atoms with Crippen LogP contribution in [0.3, 0.4) is 0 Å². The lowest BCUT2D eigenvalue weighted by Crippen LogP contribution is -2.41. The molecule has 1 aromatic carbocycles. The van der Waals surface area contributed by atoms with Crippen LogP contribution in [0.25, 0.3) is 0 Å². The van der Waals surface area contributed by atoms with Crippen molar-refractivity contribution in [3.05, 3.63) is 52.0 Å². The monoisotopic (exact) mass is 346 g/mol. The second kappa shape index (κ2) is 9.17. The van der Waals surface area contributed by atoms with Crippen molar-refractivity contribution in [3.63, 3.8) is 0 Å². The number of rotatable bonds is 9. The third-order valence-electron chi connectivity index (χ3n) is 3.62. The molecular weight excluding hydrogens is 324 g/mol. The number of thiazole rings is 1. The van der Waals surface area contributed by atoms with Crippen molar-refractivity contribution in [1.82, 2.24) is 10.3 Å². The lowest BCUT2D eigenvalue weighted by molar-refractivity contribution is -0.142. The molecule has 1 amide bonds. The first-order valence-electron chi connectivity index (χ1n) is 8.08. The van der Waals surface area contributed by atoms with Gasteiger partial charge in [-0.05, 0) is 12.0 Å². The molecule has 5 nitrogen and oxygen atoms in total. The number of nitrogens with zero attached hydrogens (tertiary/aromatic N) is 1. The molecule has 2 N–H and O–H groups in total. The van der Waals surface area contributed by atoms with Gasteiger partial charge in [0.2, 0.25) is 5.91 Å². The Kier molecular flexibility index (Phi) is 6.93. The minimum atomic E-state index is -0.986. The number of carboxylic acid groups (broad SMARTS) is 1. The van der Waals surface area contributed by atoms with Crippen LogP contribution >= 0.6 is 11.3 Å². The quantitative estimate of drug-likeness (QED) is 0.731. The van der Waals surface area contributed by atoms with Crippen LogP contribution in [-0.2, 0) is 22.4 Å². The number of unbranched alkanes of at least 4 members (excludes halogenated alkanes) is 1. The average Bonchev–Trinajstić information content (AvgIpc) is 2.99. The van der Waals surface area contributed by atoms with Crippen LogP contribution in [0.2, 0.25) is 0 Å². The maximum absolute atomic E-state index is 12.0. The van der Waals surface area contributed by atoms with Gasteiger partial charge in [-0.2, -0.15) is 0 Å². The van der Waals surface area contributed by atoms with Gasteiger partial charge in [0, 0.05) is 11.8 Å². The van der Waals surface area contributed by atoms with E-state index in [1.807, 2.05) is 42.6 Å². The Labute approximate surface area is 145 Å². The van der Waals surface area contributed by atoms with Crippen molar-refractivity contribution in [2.45, 2.75) is 45.1 Å². The van der Waals surface area contributed by atoms with Gasteiger partial charge in [0.05, 0.1) is 17.1 Å². The largest absolute Gasteiger partial charge is 0.480 e. The second-order valence-corrected chi connectivity index (χ2v) is 6.61. The van der Waals surface area contributed by atoms with Gasteiger partial charge in [-0.15, -0.1) is 11.3 Å². The topological polar surface area (TPSA) is 79.3 Å². The highest BCUT2D eigenvalue weighted by atomic mass is 32.1. The molecule has 0 saturated heterocycles. The van der Waals surface area contributed by atoms with Gasteiger partial charge < -0.3 is 10.4 Å². The highest BCUT2D eigenvalue weighted by molar-refractivity contribution is 7.09. The average molecular weight is 346 g/mol. The Balaban J connectivity index is 1.89. The number of aliphatic carboxylic acids is 1. The zero-order valence-corrected chi connectivity index (χ0v) is 14.5. The van der Waals surface area contributed by atoms with Gasteiger partial charge in [0.1, 0.15) is 6.04 Å². The first kappa shape index (κ1) is 18.1. The molecule has 0 aliphatic rings. The van der Waals surface area contributed by atoms with E-state index in [1.54, 1.807) is 0 Å². The molecule has 0 saturated carbocycles. The Morgan fingerprint density at radius 2 is 2.04 bits per heavy atom. The number of carboxylic acids is 1. The van der Waals surface area contributed by atoms with E-state index in [9.17, 15) is 9.59 Å². The summed E-state index contributed by atoms with van der Waals surface area (Å²) in [6, 6.07) is 9.20. The summed E-state index contributed by atoms with van der Waals surface area (Å²) < 4.78 is 0. The van der Waals surface area contributed by atoms with Crippen molar-refractivity contribution < 1.29 is 14.7 Å². The van der Waals surface area contributed by atoms with Crippen LogP contribution in [0, 0.1) is 0 Å². The number of carbonyl (C=O) groups excluding carboxylic acids is 1. The zero-order chi connectivity index (χ0) is 17.4. The Hall–Kier alpha value is -2.21. The predicted molar refractivity (Wildman–Crippen MR) is 94.2 cm³/mol. The highest BCUT2D eigenvalue weighted by Crippen LogP contribution is 2.15. The van der Waals surface area contributed by atoms with E-state index >= 15 is 0 Å². The molecule has 0 aliphatic heterocycles. The van der Waals surface area contributed by atoms with Gasteiger partial charge in [0.25, 0.3) is 0 Å². The normalized spacial score (nSPS) is 11.9.